The second-order valence-electron chi connectivity index (χ2n) is 9.19. The van der Waals surface area contributed by atoms with Gasteiger partial charge in [0.05, 0.1) is 0 Å². The molecule has 3 heterocycles. The Balaban J connectivity index is 1.24. The Morgan fingerprint density at radius 1 is 1.07 bits per heavy atom. The van der Waals surface area contributed by atoms with Crippen molar-refractivity contribution in [1.82, 2.24) is 20.9 Å². The van der Waals surface area contributed by atoms with Crippen molar-refractivity contribution in [3.8, 4) is 0 Å². The van der Waals surface area contributed by atoms with Gasteiger partial charge >= 0.3 is 0 Å². The van der Waals surface area contributed by atoms with Gasteiger partial charge in [-0.05, 0) is 61.8 Å². The first kappa shape index (κ1) is 19.7. The van der Waals surface area contributed by atoms with E-state index in [1.165, 1.54) is 37.7 Å². The minimum atomic E-state index is -0.555. The summed E-state index contributed by atoms with van der Waals surface area (Å²) in [5.41, 5.74) is 2.82. The Morgan fingerprint density at radius 2 is 1.93 bits per heavy atom. The predicted molar refractivity (Wildman–Crippen MR) is 111 cm³/mol. The van der Waals surface area contributed by atoms with Crippen LogP contribution in [0.5, 0.6) is 0 Å². The molecule has 0 radical (unpaired) electrons. The van der Waals surface area contributed by atoms with E-state index in [0.29, 0.717) is 30.6 Å². The van der Waals surface area contributed by atoms with Crippen molar-refractivity contribution in [2.75, 3.05) is 6.54 Å². The van der Waals surface area contributed by atoms with E-state index in [1.54, 1.807) is 4.90 Å². The van der Waals surface area contributed by atoms with Gasteiger partial charge in [-0.2, -0.15) is 0 Å². The first-order valence-corrected chi connectivity index (χ1v) is 11.3. The number of rotatable bonds is 4. The number of piperidine rings is 2. The zero-order valence-corrected chi connectivity index (χ0v) is 17.3. The number of amides is 3. The Hall–Kier alpha value is -2.25. The van der Waals surface area contributed by atoms with Crippen LogP contribution in [0.25, 0.3) is 0 Å². The summed E-state index contributed by atoms with van der Waals surface area (Å²) in [5.74, 6) is 0.0672. The van der Waals surface area contributed by atoms with Crippen molar-refractivity contribution in [3.63, 3.8) is 0 Å². The second-order valence-corrected chi connectivity index (χ2v) is 9.19. The Kier molecular flexibility index (Phi) is 5.33. The lowest BCUT2D eigenvalue weighted by molar-refractivity contribution is -0.136. The summed E-state index contributed by atoms with van der Waals surface area (Å²) in [7, 11) is 0. The molecular weight excluding hydrogens is 380 g/mol. The number of carbonyl (C=O) groups excluding carboxylic acids is 3. The summed E-state index contributed by atoms with van der Waals surface area (Å²) >= 11 is 0. The number of imide groups is 1. The summed E-state index contributed by atoms with van der Waals surface area (Å²) in [6, 6.07) is 6.53. The number of carbonyl (C=O) groups is 3. The van der Waals surface area contributed by atoms with Crippen LogP contribution in [0.2, 0.25) is 0 Å². The lowest BCUT2D eigenvalue weighted by Crippen LogP contribution is -2.56. The van der Waals surface area contributed by atoms with Crippen LogP contribution in [0.3, 0.4) is 0 Å². The van der Waals surface area contributed by atoms with E-state index >= 15 is 0 Å². The summed E-state index contributed by atoms with van der Waals surface area (Å²) in [5, 5.41) is 9.85. The van der Waals surface area contributed by atoms with E-state index in [-0.39, 0.29) is 24.1 Å². The molecular formula is C23H30N4O3. The van der Waals surface area contributed by atoms with Crippen molar-refractivity contribution < 1.29 is 14.4 Å². The average Bonchev–Trinajstić information content (AvgIpc) is 3.08. The molecule has 1 aromatic carbocycles. The molecule has 3 N–H and O–H groups in total. The molecule has 30 heavy (non-hydrogen) atoms. The Bertz CT molecular complexity index is 868. The van der Waals surface area contributed by atoms with Gasteiger partial charge in [-0.1, -0.05) is 18.6 Å². The molecule has 1 saturated carbocycles. The van der Waals surface area contributed by atoms with Gasteiger partial charge in [0.25, 0.3) is 5.91 Å². The van der Waals surface area contributed by atoms with Crippen LogP contribution in [-0.4, -0.2) is 47.3 Å². The molecule has 160 valence electrons. The number of nitrogens with zero attached hydrogens (tertiary/aromatic N) is 1. The normalized spacial score (nSPS) is 31.3. The molecule has 4 unspecified atom stereocenters. The lowest BCUT2D eigenvalue weighted by atomic mass is 9.76. The highest BCUT2D eigenvalue weighted by Gasteiger charge is 2.39. The van der Waals surface area contributed by atoms with Crippen LogP contribution in [0.15, 0.2) is 18.2 Å². The minimum Gasteiger partial charge on any atom is -0.322 e. The van der Waals surface area contributed by atoms with E-state index in [0.717, 1.165) is 24.6 Å². The number of nitrogens with one attached hydrogen (secondary N) is 3. The van der Waals surface area contributed by atoms with Gasteiger partial charge in [0.1, 0.15) is 6.04 Å². The molecule has 1 aromatic rings. The maximum Gasteiger partial charge on any atom is 0.255 e. The number of hydrogen-bond donors (Lipinski definition) is 3. The van der Waals surface area contributed by atoms with Crippen molar-refractivity contribution in [3.05, 3.63) is 34.9 Å². The molecule has 7 nitrogen and oxygen atoms in total. The summed E-state index contributed by atoms with van der Waals surface area (Å²) in [6.07, 6.45) is 7.15. The van der Waals surface area contributed by atoms with Crippen LogP contribution in [0.4, 0.5) is 0 Å². The summed E-state index contributed by atoms with van der Waals surface area (Å²) in [4.78, 5) is 38.1. The van der Waals surface area contributed by atoms with E-state index < -0.39 is 6.04 Å². The highest BCUT2D eigenvalue weighted by atomic mass is 16.2. The fourth-order valence-corrected chi connectivity index (χ4v) is 5.77. The molecule has 0 aromatic heterocycles. The molecule has 1 aliphatic carbocycles. The summed E-state index contributed by atoms with van der Waals surface area (Å²) in [6.45, 7) is 2.34. The van der Waals surface area contributed by atoms with Crippen molar-refractivity contribution in [2.45, 2.75) is 76.2 Å². The van der Waals surface area contributed by atoms with E-state index in [4.69, 9.17) is 0 Å². The van der Waals surface area contributed by atoms with Crippen molar-refractivity contribution >= 4 is 17.7 Å². The largest absolute Gasteiger partial charge is 0.322 e. The van der Waals surface area contributed by atoms with Gasteiger partial charge in [-0.3, -0.25) is 19.7 Å². The van der Waals surface area contributed by atoms with Gasteiger partial charge in [0.2, 0.25) is 11.8 Å². The molecule has 4 atom stereocenters. The second kappa shape index (κ2) is 8.12. The molecule has 0 spiro atoms. The van der Waals surface area contributed by atoms with Gasteiger partial charge in [-0.25, -0.2) is 0 Å². The van der Waals surface area contributed by atoms with Crippen molar-refractivity contribution in [2.24, 2.45) is 5.92 Å². The van der Waals surface area contributed by atoms with Crippen LogP contribution < -0.4 is 16.0 Å². The van der Waals surface area contributed by atoms with Crippen LogP contribution in [0, 0.1) is 5.92 Å². The SMILES string of the molecule is O=C1CCC(N2Cc3cc(CNC4CCCC5CCCNC54)ccc3C2=O)C(=O)N1. The molecule has 2 saturated heterocycles. The molecule has 0 bridgehead atoms. The van der Waals surface area contributed by atoms with E-state index in [1.807, 2.05) is 12.1 Å². The molecule has 3 fully saturated rings. The molecule has 3 aliphatic heterocycles. The molecule has 3 amide bonds. The lowest BCUT2D eigenvalue weighted by Gasteiger charge is -2.42. The van der Waals surface area contributed by atoms with Crippen LogP contribution in [0.1, 0.15) is 66.4 Å². The van der Waals surface area contributed by atoms with Gasteiger partial charge in [-0.15, -0.1) is 0 Å². The zero-order chi connectivity index (χ0) is 20.7. The monoisotopic (exact) mass is 410 g/mol. The highest BCUT2D eigenvalue weighted by Crippen LogP contribution is 2.32. The van der Waals surface area contributed by atoms with E-state index in [9.17, 15) is 14.4 Å². The third-order valence-electron chi connectivity index (χ3n) is 7.32. The van der Waals surface area contributed by atoms with Crippen LogP contribution >= 0.6 is 0 Å². The molecule has 5 rings (SSSR count). The standard InChI is InChI=1S/C23H30N4O3/c28-20-9-8-19(22(29)26-20)27-13-16-11-14(6-7-17(16)23(27)30)12-25-18-5-1-3-15-4-2-10-24-21(15)18/h6-7,11,15,18-19,21,24-25H,1-5,8-10,12-13H2,(H,26,28,29). The maximum atomic E-state index is 12.8. The number of hydrogen-bond acceptors (Lipinski definition) is 5. The molecule has 4 aliphatic rings. The summed E-state index contributed by atoms with van der Waals surface area (Å²) < 4.78 is 0. The predicted octanol–water partition coefficient (Wildman–Crippen LogP) is 1.46. The smallest absolute Gasteiger partial charge is 0.255 e. The Morgan fingerprint density at radius 3 is 2.80 bits per heavy atom. The third kappa shape index (κ3) is 3.65. The minimum absolute atomic E-state index is 0.111. The van der Waals surface area contributed by atoms with Gasteiger partial charge in [0, 0.05) is 37.2 Å². The fourth-order valence-electron chi connectivity index (χ4n) is 5.77. The number of benzene rings is 1. The Labute approximate surface area is 177 Å². The topological polar surface area (TPSA) is 90.5 Å². The highest BCUT2D eigenvalue weighted by molar-refractivity contribution is 6.05. The fraction of sp³-hybridized carbons (Fsp3) is 0.609. The first-order valence-electron chi connectivity index (χ1n) is 11.3. The van der Waals surface area contributed by atoms with E-state index in [2.05, 4.69) is 22.0 Å². The zero-order valence-electron chi connectivity index (χ0n) is 17.3. The van der Waals surface area contributed by atoms with Crippen molar-refractivity contribution in [1.29, 1.82) is 0 Å². The quantitative estimate of drug-likeness (QED) is 0.654. The number of fused-ring (bicyclic) bond motifs is 2. The maximum absolute atomic E-state index is 12.8. The average molecular weight is 411 g/mol. The molecule has 7 heteroatoms. The van der Waals surface area contributed by atoms with Crippen LogP contribution in [-0.2, 0) is 22.7 Å². The third-order valence-corrected chi connectivity index (χ3v) is 7.32. The van der Waals surface area contributed by atoms with Gasteiger partial charge < -0.3 is 15.5 Å². The van der Waals surface area contributed by atoms with Gasteiger partial charge in [0.15, 0.2) is 0 Å². The first-order chi connectivity index (χ1) is 14.6.